The zero-order valence-electron chi connectivity index (χ0n) is 18.1. The molecule has 2 saturated heterocycles. The lowest BCUT2D eigenvalue weighted by Crippen LogP contribution is -2.44. The summed E-state index contributed by atoms with van der Waals surface area (Å²) in [4.78, 5) is 34.7. The second kappa shape index (κ2) is 7.31. The summed E-state index contributed by atoms with van der Waals surface area (Å²) in [5.74, 6) is -1.01. The highest BCUT2D eigenvalue weighted by atomic mass is 16.5. The lowest BCUT2D eigenvalue weighted by Gasteiger charge is -2.27. The van der Waals surface area contributed by atoms with Crippen LogP contribution in [0.5, 0.6) is 0 Å². The molecule has 3 aliphatic rings. The van der Waals surface area contributed by atoms with Gasteiger partial charge < -0.3 is 14.5 Å². The smallest absolute Gasteiger partial charge is 0.230 e. The molecule has 1 aromatic carbocycles. The first-order chi connectivity index (χ1) is 14.9. The second-order valence-corrected chi connectivity index (χ2v) is 9.04. The van der Waals surface area contributed by atoms with Crippen LogP contribution in [0.4, 0.5) is 0 Å². The molecule has 0 saturated carbocycles. The van der Waals surface area contributed by atoms with E-state index in [-0.39, 0.29) is 17.9 Å². The van der Waals surface area contributed by atoms with E-state index < -0.39 is 17.4 Å². The Morgan fingerprint density at radius 3 is 2.90 bits per heavy atom. The number of fused-ring (bicyclic) bond motifs is 1. The maximum absolute atomic E-state index is 13.5. The molecule has 3 aliphatic heterocycles. The van der Waals surface area contributed by atoms with Gasteiger partial charge >= 0.3 is 0 Å². The highest BCUT2D eigenvalue weighted by Gasteiger charge is 2.67. The minimum atomic E-state index is -0.689. The van der Waals surface area contributed by atoms with Crippen molar-refractivity contribution in [2.24, 2.45) is 11.8 Å². The van der Waals surface area contributed by atoms with Crippen molar-refractivity contribution in [3.63, 3.8) is 0 Å². The predicted octanol–water partition coefficient (Wildman–Crippen LogP) is 2.64. The summed E-state index contributed by atoms with van der Waals surface area (Å²) in [7, 11) is 1.77. The number of ether oxygens (including phenoxy) is 1. The van der Waals surface area contributed by atoms with Crippen LogP contribution in [0.3, 0.4) is 0 Å². The van der Waals surface area contributed by atoms with Gasteiger partial charge in [-0.2, -0.15) is 0 Å². The van der Waals surface area contributed by atoms with E-state index in [2.05, 4.69) is 37.0 Å². The van der Waals surface area contributed by atoms with E-state index in [1.807, 2.05) is 35.3 Å². The summed E-state index contributed by atoms with van der Waals surface area (Å²) in [6.07, 6.45) is 5.35. The van der Waals surface area contributed by atoms with Gasteiger partial charge in [0.1, 0.15) is 5.60 Å². The van der Waals surface area contributed by atoms with Crippen LogP contribution < -0.4 is 0 Å². The van der Waals surface area contributed by atoms with Crippen LogP contribution >= 0.6 is 0 Å². The van der Waals surface area contributed by atoms with Crippen LogP contribution in [0.1, 0.15) is 22.4 Å². The predicted molar refractivity (Wildman–Crippen MR) is 116 cm³/mol. The molecule has 0 aliphatic carbocycles. The number of aromatic nitrogens is 1. The summed E-state index contributed by atoms with van der Waals surface area (Å²) in [5.41, 5.74) is 3.61. The van der Waals surface area contributed by atoms with Crippen molar-refractivity contribution in [1.29, 1.82) is 0 Å². The summed E-state index contributed by atoms with van der Waals surface area (Å²) in [6.45, 7) is 5.56. The largest absolute Gasteiger partial charge is 0.360 e. The number of hydrogen-bond donors (Lipinski definition) is 0. The number of likely N-dealkylation sites (tertiary alicyclic amines) is 1. The van der Waals surface area contributed by atoms with Gasteiger partial charge in [0.2, 0.25) is 11.8 Å². The third-order valence-electron chi connectivity index (χ3n) is 6.83. The number of carbonyl (C=O) groups excluding carboxylic acids is 2. The molecule has 6 nitrogen and oxygen atoms in total. The molecule has 2 bridgehead atoms. The highest BCUT2D eigenvalue weighted by molar-refractivity contribution is 5.93. The van der Waals surface area contributed by atoms with Gasteiger partial charge in [-0.1, -0.05) is 42.0 Å². The molecule has 0 N–H and O–H groups in total. The number of benzene rings is 1. The number of pyridine rings is 1. The normalized spacial score (nSPS) is 28.3. The van der Waals surface area contributed by atoms with Crippen LogP contribution in [0.2, 0.25) is 0 Å². The Labute approximate surface area is 182 Å². The summed E-state index contributed by atoms with van der Waals surface area (Å²) in [6, 6.07) is 12.0. The third kappa shape index (κ3) is 3.26. The fourth-order valence-electron chi connectivity index (χ4n) is 5.24. The van der Waals surface area contributed by atoms with E-state index in [4.69, 9.17) is 4.74 Å². The number of aryl methyl sites for hydroxylation is 2. The number of hydrogen-bond acceptors (Lipinski definition) is 4. The molecule has 2 amide bonds. The molecule has 6 heteroatoms. The molecule has 4 atom stereocenters. The highest BCUT2D eigenvalue weighted by Crippen LogP contribution is 2.52. The maximum Gasteiger partial charge on any atom is 0.230 e. The first-order valence-electron chi connectivity index (χ1n) is 10.7. The fraction of sp³-hybridized carbons (Fsp3) is 0.400. The van der Waals surface area contributed by atoms with Crippen molar-refractivity contribution >= 4 is 11.8 Å². The SMILES string of the molecule is Cc1ccc(C)c(CN2C[C@@]34C=C[C@@H](O3)C(C(=O)N(C)Cc3ccccn3)C4C2=O)c1. The Balaban J connectivity index is 1.37. The van der Waals surface area contributed by atoms with E-state index in [9.17, 15) is 9.59 Å². The van der Waals surface area contributed by atoms with E-state index in [1.54, 1.807) is 18.1 Å². The third-order valence-corrected chi connectivity index (χ3v) is 6.83. The topological polar surface area (TPSA) is 62.7 Å². The Morgan fingerprint density at radius 2 is 2.13 bits per heavy atom. The van der Waals surface area contributed by atoms with Crippen LogP contribution in [-0.2, 0) is 27.4 Å². The monoisotopic (exact) mass is 417 g/mol. The minimum absolute atomic E-state index is 0.0114. The van der Waals surface area contributed by atoms with E-state index >= 15 is 0 Å². The van der Waals surface area contributed by atoms with Gasteiger partial charge in [0.05, 0.1) is 36.7 Å². The van der Waals surface area contributed by atoms with E-state index in [0.29, 0.717) is 19.6 Å². The standard InChI is InChI=1S/C25H27N3O3/c1-16-7-8-17(2)18(12-16)13-28-15-25-10-9-20(31-25)21(22(25)24(28)30)23(29)27(3)14-19-6-4-5-11-26-19/h4-12,20-22H,13-15H2,1-3H3/t20-,21?,22?,25-/m1/s1. The first kappa shape index (κ1) is 19.9. The average molecular weight is 418 g/mol. The molecule has 1 spiro atoms. The number of amides is 2. The summed E-state index contributed by atoms with van der Waals surface area (Å²) >= 11 is 0. The van der Waals surface area contributed by atoms with Gasteiger partial charge in [-0.3, -0.25) is 14.6 Å². The molecular weight excluding hydrogens is 390 g/mol. The summed E-state index contributed by atoms with van der Waals surface area (Å²) < 4.78 is 6.27. The van der Waals surface area contributed by atoms with Crippen molar-refractivity contribution < 1.29 is 14.3 Å². The summed E-state index contributed by atoms with van der Waals surface area (Å²) in [5, 5.41) is 0. The van der Waals surface area contributed by atoms with Crippen molar-refractivity contribution in [1.82, 2.24) is 14.8 Å². The van der Waals surface area contributed by atoms with Gasteiger partial charge in [0, 0.05) is 19.8 Å². The average Bonchev–Trinajstić information content (AvgIpc) is 3.39. The van der Waals surface area contributed by atoms with Crippen molar-refractivity contribution in [2.75, 3.05) is 13.6 Å². The Kier molecular flexibility index (Phi) is 4.70. The molecule has 1 aromatic heterocycles. The van der Waals surface area contributed by atoms with Gasteiger partial charge in [-0.05, 0) is 37.1 Å². The molecule has 31 heavy (non-hydrogen) atoms. The number of carbonyl (C=O) groups is 2. The van der Waals surface area contributed by atoms with Gasteiger partial charge in [-0.15, -0.1) is 0 Å². The molecule has 0 radical (unpaired) electrons. The zero-order chi connectivity index (χ0) is 21.8. The van der Waals surface area contributed by atoms with Crippen LogP contribution in [0.25, 0.3) is 0 Å². The molecule has 160 valence electrons. The van der Waals surface area contributed by atoms with Crippen molar-refractivity contribution in [3.8, 4) is 0 Å². The van der Waals surface area contributed by atoms with E-state index in [1.165, 1.54) is 5.56 Å². The number of rotatable bonds is 5. The van der Waals surface area contributed by atoms with Crippen molar-refractivity contribution in [2.45, 2.75) is 38.6 Å². The van der Waals surface area contributed by atoms with Crippen molar-refractivity contribution in [3.05, 3.63) is 77.1 Å². The van der Waals surface area contributed by atoms with Gasteiger partial charge in [0.15, 0.2) is 0 Å². The maximum atomic E-state index is 13.5. The van der Waals surface area contributed by atoms with Crippen LogP contribution in [0.15, 0.2) is 54.7 Å². The molecule has 4 heterocycles. The fourth-order valence-corrected chi connectivity index (χ4v) is 5.24. The van der Waals surface area contributed by atoms with Crippen LogP contribution in [-0.4, -0.2) is 51.9 Å². The van der Waals surface area contributed by atoms with Gasteiger partial charge in [-0.25, -0.2) is 0 Å². The molecular formula is C25H27N3O3. The molecule has 2 aromatic rings. The van der Waals surface area contributed by atoms with Gasteiger partial charge in [0.25, 0.3) is 0 Å². The lowest BCUT2D eigenvalue weighted by molar-refractivity contribution is -0.142. The molecule has 2 unspecified atom stereocenters. The Bertz CT molecular complexity index is 1070. The Morgan fingerprint density at radius 1 is 1.29 bits per heavy atom. The molecule has 5 rings (SSSR count). The zero-order valence-corrected chi connectivity index (χ0v) is 18.1. The van der Waals surface area contributed by atoms with Crippen LogP contribution in [0, 0.1) is 25.7 Å². The second-order valence-electron chi connectivity index (χ2n) is 9.04. The molecule has 2 fully saturated rings. The van der Waals surface area contributed by atoms with E-state index in [0.717, 1.165) is 16.8 Å². The first-order valence-corrected chi connectivity index (χ1v) is 10.7. The lowest BCUT2D eigenvalue weighted by atomic mass is 9.76. The Hall–Kier alpha value is -2.99. The quantitative estimate of drug-likeness (QED) is 0.702. The number of nitrogens with zero attached hydrogens (tertiary/aromatic N) is 3. The minimum Gasteiger partial charge on any atom is -0.360 e.